The van der Waals surface area contributed by atoms with Gasteiger partial charge in [0.15, 0.2) is 0 Å². The number of likely N-dealkylation sites (tertiary alicyclic amines) is 1. The van der Waals surface area contributed by atoms with E-state index >= 15 is 0 Å². The molecular weight excluding hydrogens is 382 g/mol. The number of hydrogen-bond acceptors (Lipinski definition) is 5. The summed E-state index contributed by atoms with van der Waals surface area (Å²) in [6.07, 6.45) is 1.42. The van der Waals surface area contributed by atoms with Gasteiger partial charge in [-0.2, -0.15) is 0 Å². The van der Waals surface area contributed by atoms with Crippen LogP contribution in [0.3, 0.4) is 0 Å². The highest BCUT2D eigenvalue weighted by atomic mass is 35.5. The normalized spacial score (nSPS) is 20.3. The number of piperidine rings is 1. The first kappa shape index (κ1) is 22.3. The number of halogens is 1. The first-order valence-electron chi connectivity index (χ1n) is 9.57. The number of carbonyl (C=O) groups is 2. The quantitative estimate of drug-likeness (QED) is 0.818. The van der Waals surface area contributed by atoms with Crippen LogP contribution in [0.5, 0.6) is 11.5 Å². The van der Waals surface area contributed by atoms with Crippen molar-refractivity contribution < 1.29 is 19.1 Å². The van der Waals surface area contributed by atoms with Crippen molar-refractivity contribution in [3.8, 4) is 11.5 Å². The second-order valence-corrected chi connectivity index (χ2v) is 7.25. The first-order valence-corrected chi connectivity index (χ1v) is 9.57. The van der Waals surface area contributed by atoms with Crippen molar-refractivity contribution in [1.29, 1.82) is 0 Å². The van der Waals surface area contributed by atoms with Crippen molar-refractivity contribution in [2.75, 3.05) is 46.9 Å². The van der Waals surface area contributed by atoms with E-state index in [1.54, 1.807) is 32.4 Å². The highest BCUT2D eigenvalue weighted by Crippen LogP contribution is 2.26. The van der Waals surface area contributed by atoms with Crippen LogP contribution in [0.4, 0.5) is 0 Å². The van der Waals surface area contributed by atoms with Gasteiger partial charge in [0.1, 0.15) is 11.5 Å². The maximum Gasteiger partial charge on any atom is 0.254 e. The zero-order valence-electron chi connectivity index (χ0n) is 16.8. The Labute approximate surface area is 172 Å². The molecule has 0 saturated carbocycles. The predicted octanol–water partition coefficient (Wildman–Crippen LogP) is 1.80. The third-order valence-corrected chi connectivity index (χ3v) is 5.51. The second-order valence-electron chi connectivity index (χ2n) is 7.25. The number of carbonyl (C=O) groups excluding carboxylic acids is 2. The van der Waals surface area contributed by atoms with E-state index in [-0.39, 0.29) is 36.2 Å². The lowest BCUT2D eigenvalue weighted by Crippen LogP contribution is -2.55. The highest BCUT2D eigenvalue weighted by molar-refractivity contribution is 5.95. The number of hydrogen-bond donors (Lipinski definition) is 1. The molecule has 2 amide bonds. The molecule has 2 heterocycles. The Morgan fingerprint density at radius 2 is 1.64 bits per heavy atom. The summed E-state index contributed by atoms with van der Waals surface area (Å²) < 4.78 is 10.5. The average Bonchev–Trinajstić information content (AvgIpc) is 2.72. The third kappa shape index (κ3) is 4.89. The zero-order valence-corrected chi connectivity index (χ0v) is 17.6. The van der Waals surface area contributed by atoms with Crippen LogP contribution in [0.2, 0.25) is 0 Å². The van der Waals surface area contributed by atoms with Crippen LogP contribution < -0.4 is 14.8 Å². The molecule has 2 aliphatic rings. The SMILES string of the molecule is COc1cc(OC)cc(C(=O)N2CCC(C(=O)N3CCNC[C@H]3C)CC2)c1.Cl. The first-order chi connectivity index (χ1) is 13.0. The van der Waals surface area contributed by atoms with Crippen molar-refractivity contribution in [2.45, 2.75) is 25.8 Å². The number of nitrogens with zero attached hydrogens (tertiary/aromatic N) is 2. The fraction of sp³-hybridized carbons (Fsp3) is 0.600. The van der Waals surface area contributed by atoms with E-state index in [1.165, 1.54) is 0 Å². The van der Waals surface area contributed by atoms with Gasteiger partial charge in [-0.3, -0.25) is 9.59 Å². The van der Waals surface area contributed by atoms with Crippen molar-refractivity contribution in [1.82, 2.24) is 15.1 Å². The maximum atomic E-state index is 12.9. The average molecular weight is 412 g/mol. The zero-order chi connectivity index (χ0) is 19.4. The molecule has 0 unspecified atom stereocenters. The van der Waals surface area contributed by atoms with E-state index in [4.69, 9.17) is 9.47 Å². The third-order valence-electron chi connectivity index (χ3n) is 5.51. The van der Waals surface area contributed by atoms with Gasteiger partial charge >= 0.3 is 0 Å². The van der Waals surface area contributed by atoms with Crippen LogP contribution in [0.15, 0.2) is 18.2 Å². The van der Waals surface area contributed by atoms with Gasteiger partial charge in [0, 0.05) is 56.3 Å². The van der Waals surface area contributed by atoms with Crippen molar-refractivity contribution in [3.05, 3.63) is 23.8 Å². The Balaban J connectivity index is 0.00000280. The number of amides is 2. The number of piperazine rings is 1. The van der Waals surface area contributed by atoms with E-state index < -0.39 is 0 Å². The van der Waals surface area contributed by atoms with Gasteiger partial charge in [0.05, 0.1) is 14.2 Å². The van der Waals surface area contributed by atoms with Crippen LogP contribution in [-0.4, -0.2) is 74.6 Å². The van der Waals surface area contributed by atoms with Crippen LogP contribution in [0.25, 0.3) is 0 Å². The minimum absolute atomic E-state index is 0. The van der Waals surface area contributed by atoms with Gasteiger partial charge in [0.2, 0.25) is 5.91 Å². The predicted molar refractivity (Wildman–Crippen MR) is 109 cm³/mol. The van der Waals surface area contributed by atoms with Gasteiger partial charge in [0.25, 0.3) is 5.91 Å². The van der Waals surface area contributed by atoms with Crippen LogP contribution in [-0.2, 0) is 4.79 Å². The Kier molecular flexibility index (Phi) is 7.95. The molecule has 1 aromatic rings. The number of benzene rings is 1. The van der Waals surface area contributed by atoms with E-state index in [0.29, 0.717) is 43.0 Å². The highest BCUT2D eigenvalue weighted by Gasteiger charge is 2.33. The molecule has 7 nitrogen and oxygen atoms in total. The van der Waals surface area contributed by atoms with E-state index in [0.717, 1.165) is 19.6 Å². The molecule has 2 fully saturated rings. The molecule has 0 radical (unpaired) electrons. The van der Waals surface area contributed by atoms with Crippen LogP contribution in [0, 0.1) is 5.92 Å². The van der Waals surface area contributed by atoms with E-state index in [1.807, 2.05) is 9.80 Å². The van der Waals surface area contributed by atoms with Crippen LogP contribution in [0.1, 0.15) is 30.1 Å². The Hall–Kier alpha value is -1.99. The lowest BCUT2D eigenvalue weighted by Gasteiger charge is -2.39. The van der Waals surface area contributed by atoms with Crippen molar-refractivity contribution in [2.24, 2.45) is 5.92 Å². The topological polar surface area (TPSA) is 71.1 Å². The number of ether oxygens (including phenoxy) is 2. The molecule has 28 heavy (non-hydrogen) atoms. The van der Waals surface area contributed by atoms with E-state index in [2.05, 4.69) is 12.2 Å². The number of nitrogens with one attached hydrogen (secondary N) is 1. The molecule has 1 atom stereocenters. The molecule has 1 aromatic carbocycles. The van der Waals surface area contributed by atoms with Crippen LogP contribution >= 0.6 is 12.4 Å². The van der Waals surface area contributed by atoms with Gasteiger partial charge < -0.3 is 24.6 Å². The standard InChI is InChI=1S/C20H29N3O4.ClH/c1-14-13-21-6-9-23(14)20(25)15-4-7-22(8-5-15)19(24)16-10-17(26-2)12-18(11-16)27-3;/h10-12,14-15,21H,4-9,13H2,1-3H3;1H/t14-;/m1./s1. The van der Waals surface area contributed by atoms with Gasteiger partial charge in [-0.1, -0.05) is 0 Å². The summed E-state index contributed by atoms with van der Waals surface area (Å²) in [7, 11) is 3.13. The van der Waals surface area contributed by atoms with Crippen molar-refractivity contribution >= 4 is 24.2 Å². The molecule has 156 valence electrons. The largest absolute Gasteiger partial charge is 0.497 e. The smallest absolute Gasteiger partial charge is 0.254 e. The fourth-order valence-corrected chi connectivity index (χ4v) is 3.85. The fourth-order valence-electron chi connectivity index (χ4n) is 3.85. The molecular formula is C20H30ClN3O4. The Morgan fingerprint density at radius 3 is 2.18 bits per heavy atom. The summed E-state index contributed by atoms with van der Waals surface area (Å²) in [6.45, 7) is 5.73. The molecule has 1 N–H and O–H groups in total. The summed E-state index contributed by atoms with van der Waals surface area (Å²) in [5.74, 6) is 1.38. The molecule has 8 heteroatoms. The molecule has 0 bridgehead atoms. The molecule has 0 aliphatic carbocycles. The lowest BCUT2D eigenvalue weighted by atomic mass is 9.94. The number of methoxy groups -OCH3 is 2. The van der Waals surface area contributed by atoms with Gasteiger partial charge in [-0.25, -0.2) is 0 Å². The molecule has 0 aromatic heterocycles. The van der Waals surface area contributed by atoms with E-state index in [9.17, 15) is 9.59 Å². The van der Waals surface area contributed by atoms with Gasteiger partial charge in [-0.05, 0) is 31.9 Å². The summed E-state index contributed by atoms with van der Waals surface area (Å²) in [5, 5.41) is 3.31. The monoisotopic (exact) mass is 411 g/mol. The Morgan fingerprint density at radius 1 is 1.04 bits per heavy atom. The summed E-state index contributed by atoms with van der Waals surface area (Å²) in [5.41, 5.74) is 0.548. The minimum atomic E-state index is -0.0476. The molecule has 3 rings (SSSR count). The summed E-state index contributed by atoms with van der Waals surface area (Å²) in [4.78, 5) is 29.5. The summed E-state index contributed by atoms with van der Waals surface area (Å²) in [6, 6.07) is 5.43. The maximum absolute atomic E-state index is 12.9. The molecule has 2 aliphatic heterocycles. The second kappa shape index (κ2) is 9.98. The minimum Gasteiger partial charge on any atom is -0.497 e. The Bertz CT molecular complexity index is 670. The molecule has 2 saturated heterocycles. The number of rotatable bonds is 4. The van der Waals surface area contributed by atoms with Gasteiger partial charge in [-0.15, -0.1) is 12.4 Å². The van der Waals surface area contributed by atoms with Crippen molar-refractivity contribution in [3.63, 3.8) is 0 Å². The lowest BCUT2D eigenvalue weighted by molar-refractivity contribution is -0.139. The molecule has 0 spiro atoms. The summed E-state index contributed by atoms with van der Waals surface area (Å²) >= 11 is 0.